The highest BCUT2D eigenvalue weighted by Gasteiger charge is 2.24. The van der Waals surface area contributed by atoms with Gasteiger partial charge in [-0.05, 0) is 49.1 Å². The monoisotopic (exact) mass is 428 g/mol. The minimum atomic E-state index is -1.14. The number of carbonyl (C=O) groups excluding carboxylic acids is 2. The molecule has 0 aliphatic carbocycles. The van der Waals surface area contributed by atoms with E-state index < -0.39 is 23.8 Å². The van der Waals surface area contributed by atoms with E-state index in [-0.39, 0.29) is 18.0 Å². The summed E-state index contributed by atoms with van der Waals surface area (Å²) < 4.78 is 0. The zero-order valence-electron chi connectivity index (χ0n) is 17.1. The van der Waals surface area contributed by atoms with E-state index in [1.165, 1.54) is 6.08 Å². The Balaban J connectivity index is 2.34. The molecule has 0 aliphatic heterocycles. The summed E-state index contributed by atoms with van der Waals surface area (Å²) in [6.07, 6.45) is 1.68. The SMILES string of the molecule is Cc1ccc(C(=O)NC(=Cc2ccccc2Cl)C(=O)NC(CC(C)C)C(=O)O)cc1. The molecular weight excluding hydrogens is 404 g/mol. The molecule has 0 radical (unpaired) electrons. The highest BCUT2D eigenvalue weighted by molar-refractivity contribution is 6.32. The van der Waals surface area contributed by atoms with Crippen molar-refractivity contribution in [1.29, 1.82) is 0 Å². The molecular formula is C23H25ClN2O4. The molecule has 0 bridgehead atoms. The molecule has 3 N–H and O–H groups in total. The molecule has 0 saturated carbocycles. The first-order valence-corrected chi connectivity index (χ1v) is 9.93. The number of nitrogens with one attached hydrogen (secondary N) is 2. The van der Waals surface area contributed by atoms with Gasteiger partial charge in [-0.15, -0.1) is 0 Å². The molecule has 158 valence electrons. The highest BCUT2D eigenvalue weighted by atomic mass is 35.5. The Morgan fingerprint density at radius 1 is 1.07 bits per heavy atom. The summed E-state index contributed by atoms with van der Waals surface area (Å²) in [7, 11) is 0. The average molecular weight is 429 g/mol. The van der Waals surface area contributed by atoms with Gasteiger partial charge in [0.2, 0.25) is 0 Å². The van der Waals surface area contributed by atoms with Crippen LogP contribution in [0.5, 0.6) is 0 Å². The predicted molar refractivity (Wildman–Crippen MR) is 117 cm³/mol. The minimum absolute atomic E-state index is 0.0598. The summed E-state index contributed by atoms with van der Waals surface area (Å²) in [5.74, 6) is -2.27. The normalized spacial score (nSPS) is 12.4. The van der Waals surface area contributed by atoms with Crippen LogP contribution in [0.1, 0.15) is 41.8 Å². The molecule has 1 atom stereocenters. The summed E-state index contributed by atoms with van der Waals surface area (Å²) in [6, 6.07) is 12.6. The molecule has 0 fully saturated rings. The van der Waals surface area contributed by atoms with E-state index in [1.54, 1.807) is 48.5 Å². The number of carboxylic acid groups (broad SMARTS) is 1. The van der Waals surface area contributed by atoms with Gasteiger partial charge in [0, 0.05) is 10.6 Å². The van der Waals surface area contributed by atoms with Crippen molar-refractivity contribution in [3.05, 3.63) is 75.9 Å². The second-order valence-corrected chi connectivity index (χ2v) is 7.80. The maximum absolute atomic E-state index is 12.9. The standard InChI is InChI=1S/C23H25ClN2O4/c1-14(2)12-20(23(29)30)26-22(28)19(13-17-6-4-5-7-18(17)24)25-21(27)16-10-8-15(3)9-11-16/h4-11,13-14,20H,12H2,1-3H3,(H,25,27)(H,26,28)(H,29,30). The van der Waals surface area contributed by atoms with Crippen LogP contribution in [-0.2, 0) is 9.59 Å². The van der Waals surface area contributed by atoms with Gasteiger partial charge in [0.05, 0.1) is 0 Å². The van der Waals surface area contributed by atoms with Crippen molar-refractivity contribution in [3.63, 3.8) is 0 Å². The third-order valence-electron chi connectivity index (χ3n) is 4.32. The molecule has 0 saturated heterocycles. The molecule has 30 heavy (non-hydrogen) atoms. The van der Waals surface area contributed by atoms with E-state index >= 15 is 0 Å². The van der Waals surface area contributed by atoms with Crippen LogP contribution in [0.25, 0.3) is 6.08 Å². The largest absolute Gasteiger partial charge is 0.480 e. The lowest BCUT2D eigenvalue weighted by molar-refractivity contribution is -0.141. The lowest BCUT2D eigenvalue weighted by Gasteiger charge is -2.18. The molecule has 2 rings (SSSR count). The number of halogens is 1. The van der Waals surface area contributed by atoms with Crippen molar-refractivity contribution in [2.24, 2.45) is 5.92 Å². The number of rotatable bonds is 8. The average Bonchev–Trinajstić information content (AvgIpc) is 2.68. The zero-order valence-corrected chi connectivity index (χ0v) is 17.9. The van der Waals surface area contributed by atoms with E-state index in [0.717, 1.165) is 5.56 Å². The summed E-state index contributed by atoms with van der Waals surface area (Å²) in [4.78, 5) is 37.1. The summed E-state index contributed by atoms with van der Waals surface area (Å²) in [6.45, 7) is 5.63. The van der Waals surface area contributed by atoms with Gasteiger partial charge in [0.15, 0.2) is 0 Å². The van der Waals surface area contributed by atoms with Gasteiger partial charge in [0.25, 0.3) is 11.8 Å². The Bertz CT molecular complexity index is 952. The molecule has 2 aromatic carbocycles. The molecule has 7 heteroatoms. The number of hydrogen-bond donors (Lipinski definition) is 3. The van der Waals surface area contributed by atoms with Crippen LogP contribution in [0.4, 0.5) is 0 Å². The smallest absolute Gasteiger partial charge is 0.326 e. The molecule has 2 aromatic rings. The summed E-state index contributed by atoms with van der Waals surface area (Å²) in [5, 5.41) is 14.9. The molecule has 2 amide bonds. The van der Waals surface area contributed by atoms with Gasteiger partial charge in [-0.25, -0.2) is 4.79 Å². The van der Waals surface area contributed by atoms with Crippen LogP contribution in [0.3, 0.4) is 0 Å². The lowest BCUT2D eigenvalue weighted by Crippen LogP contribution is -2.45. The highest BCUT2D eigenvalue weighted by Crippen LogP contribution is 2.18. The number of benzene rings is 2. The van der Waals surface area contributed by atoms with Crippen LogP contribution in [-0.4, -0.2) is 28.9 Å². The Hall–Kier alpha value is -3.12. The minimum Gasteiger partial charge on any atom is -0.480 e. The van der Waals surface area contributed by atoms with Crippen molar-refractivity contribution < 1.29 is 19.5 Å². The van der Waals surface area contributed by atoms with Gasteiger partial charge >= 0.3 is 5.97 Å². The molecule has 0 heterocycles. The fraction of sp³-hybridized carbons (Fsp3) is 0.261. The Labute approximate surface area is 180 Å². The van der Waals surface area contributed by atoms with E-state index in [1.807, 2.05) is 20.8 Å². The Kier molecular flexibility index (Phi) is 8.18. The first-order chi connectivity index (χ1) is 14.2. The third-order valence-corrected chi connectivity index (χ3v) is 4.67. The van der Waals surface area contributed by atoms with Crippen LogP contribution < -0.4 is 10.6 Å². The first kappa shape index (κ1) is 23.2. The van der Waals surface area contributed by atoms with Gasteiger partial charge in [-0.2, -0.15) is 0 Å². The number of carbonyl (C=O) groups is 3. The van der Waals surface area contributed by atoms with Crippen molar-refractivity contribution in [1.82, 2.24) is 10.6 Å². The van der Waals surface area contributed by atoms with Gasteiger partial charge in [0.1, 0.15) is 11.7 Å². The summed E-state index contributed by atoms with van der Waals surface area (Å²) in [5.41, 5.74) is 1.79. The van der Waals surface area contributed by atoms with Crippen molar-refractivity contribution in [2.45, 2.75) is 33.2 Å². The zero-order chi connectivity index (χ0) is 22.3. The van der Waals surface area contributed by atoms with Crippen molar-refractivity contribution in [3.8, 4) is 0 Å². The van der Waals surface area contributed by atoms with Crippen molar-refractivity contribution >= 4 is 35.5 Å². The maximum Gasteiger partial charge on any atom is 0.326 e. The quantitative estimate of drug-likeness (QED) is 0.553. The van der Waals surface area contributed by atoms with Gasteiger partial charge in [-0.1, -0.05) is 61.3 Å². The number of aryl methyl sites for hydroxylation is 1. The summed E-state index contributed by atoms with van der Waals surface area (Å²) >= 11 is 6.19. The molecule has 1 unspecified atom stereocenters. The van der Waals surface area contributed by atoms with Crippen molar-refractivity contribution in [2.75, 3.05) is 0 Å². The predicted octanol–water partition coefficient (Wildman–Crippen LogP) is 4.03. The van der Waals surface area contributed by atoms with E-state index in [0.29, 0.717) is 16.1 Å². The van der Waals surface area contributed by atoms with Crippen LogP contribution in [0.15, 0.2) is 54.2 Å². The second-order valence-electron chi connectivity index (χ2n) is 7.39. The van der Waals surface area contributed by atoms with Crippen LogP contribution in [0, 0.1) is 12.8 Å². The third kappa shape index (κ3) is 6.74. The second kappa shape index (κ2) is 10.6. The Morgan fingerprint density at radius 3 is 2.27 bits per heavy atom. The van der Waals surface area contributed by atoms with E-state index in [2.05, 4.69) is 10.6 Å². The van der Waals surface area contributed by atoms with E-state index in [9.17, 15) is 19.5 Å². The number of aliphatic carboxylic acids is 1. The van der Waals surface area contributed by atoms with E-state index in [4.69, 9.17) is 11.6 Å². The lowest BCUT2D eigenvalue weighted by atomic mass is 10.0. The topological polar surface area (TPSA) is 95.5 Å². The fourth-order valence-electron chi connectivity index (χ4n) is 2.73. The van der Waals surface area contributed by atoms with Crippen LogP contribution in [0.2, 0.25) is 5.02 Å². The first-order valence-electron chi connectivity index (χ1n) is 9.55. The fourth-order valence-corrected chi connectivity index (χ4v) is 2.92. The number of carboxylic acids is 1. The number of amides is 2. The molecule has 0 aliphatic rings. The molecule has 6 nitrogen and oxygen atoms in total. The van der Waals surface area contributed by atoms with Gasteiger partial charge in [-0.3, -0.25) is 9.59 Å². The molecule has 0 aromatic heterocycles. The Morgan fingerprint density at radius 2 is 1.70 bits per heavy atom. The van der Waals surface area contributed by atoms with Crippen LogP contribution >= 0.6 is 11.6 Å². The maximum atomic E-state index is 12.9. The molecule has 0 spiro atoms. The van der Waals surface area contributed by atoms with Gasteiger partial charge < -0.3 is 15.7 Å². The number of hydrogen-bond acceptors (Lipinski definition) is 3.